The van der Waals surface area contributed by atoms with E-state index in [0.29, 0.717) is 11.7 Å². The largest absolute Gasteiger partial charge is 0.444 e. The molecule has 4 nitrogen and oxygen atoms in total. The highest BCUT2D eigenvalue weighted by molar-refractivity contribution is 5.79. The van der Waals surface area contributed by atoms with Crippen LogP contribution in [0.15, 0.2) is 0 Å². The molecule has 0 unspecified atom stereocenters. The zero-order valence-electron chi connectivity index (χ0n) is 12.7. The Balaban J connectivity index is 2.18. The minimum atomic E-state index is -0.435. The third-order valence-corrected chi connectivity index (χ3v) is 3.47. The van der Waals surface area contributed by atoms with E-state index in [9.17, 15) is 9.59 Å². The second-order valence-electron chi connectivity index (χ2n) is 6.53. The van der Waals surface area contributed by atoms with E-state index in [4.69, 9.17) is 4.74 Å². The number of nitrogens with zero attached hydrogens (tertiary/aromatic N) is 1. The van der Waals surface area contributed by atoms with Gasteiger partial charge in [0.1, 0.15) is 11.4 Å². The summed E-state index contributed by atoms with van der Waals surface area (Å²) in [6, 6.07) is 0. The first kappa shape index (κ1) is 16.0. The van der Waals surface area contributed by atoms with E-state index in [0.717, 1.165) is 45.1 Å². The Morgan fingerprint density at radius 3 is 2.42 bits per heavy atom. The quantitative estimate of drug-likeness (QED) is 0.786. The molecule has 0 atom stereocenters. The molecule has 0 radical (unpaired) electrons. The van der Waals surface area contributed by atoms with Crippen molar-refractivity contribution in [2.75, 3.05) is 13.6 Å². The molecule has 0 aliphatic heterocycles. The molecule has 1 fully saturated rings. The van der Waals surface area contributed by atoms with Gasteiger partial charge in [0.2, 0.25) is 0 Å². The van der Waals surface area contributed by atoms with Gasteiger partial charge in [-0.25, -0.2) is 4.79 Å². The molecule has 1 amide bonds. The maximum absolute atomic E-state index is 11.7. The predicted octanol–water partition coefficient (Wildman–Crippen LogP) is 3.39. The highest BCUT2D eigenvalue weighted by atomic mass is 16.6. The number of ketones is 1. The molecule has 19 heavy (non-hydrogen) atoms. The van der Waals surface area contributed by atoms with E-state index in [1.54, 1.807) is 11.9 Å². The second-order valence-corrected chi connectivity index (χ2v) is 6.53. The van der Waals surface area contributed by atoms with Crippen LogP contribution in [0.25, 0.3) is 0 Å². The molecule has 0 aromatic heterocycles. The highest BCUT2D eigenvalue weighted by Crippen LogP contribution is 2.25. The molecule has 0 spiro atoms. The van der Waals surface area contributed by atoms with Crippen molar-refractivity contribution in [2.24, 2.45) is 5.92 Å². The van der Waals surface area contributed by atoms with Gasteiger partial charge < -0.3 is 9.64 Å². The van der Waals surface area contributed by atoms with Gasteiger partial charge >= 0.3 is 6.09 Å². The normalized spacial score (nSPS) is 17.4. The number of amides is 1. The topological polar surface area (TPSA) is 46.6 Å². The van der Waals surface area contributed by atoms with Gasteiger partial charge in [0, 0.05) is 26.4 Å². The van der Waals surface area contributed by atoms with Crippen molar-refractivity contribution in [1.82, 2.24) is 4.90 Å². The molecule has 4 heteroatoms. The Morgan fingerprint density at radius 2 is 1.89 bits per heavy atom. The lowest BCUT2D eigenvalue weighted by Gasteiger charge is -2.25. The molecular weight excluding hydrogens is 242 g/mol. The van der Waals surface area contributed by atoms with E-state index in [1.165, 1.54) is 0 Å². The molecule has 0 N–H and O–H groups in total. The number of rotatable bonds is 4. The summed E-state index contributed by atoms with van der Waals surface area (Å²) >= 11 is 0. The van der Waals surface area contributed by atoms with Crippen molar-refractivity contribution >= 4 is 11.9 Å². The van der Waals surface area contributed by atoms with Crippen LogP contribution >= 0.6 is 0 Å². The molecule has 0 saturated heterocycles. The summed E-state index contributed by atoms with van der Waals surface area (Å²) in [4.78, 5) is 24.5. The highest BCUT2D eigenvalue weighted by Gasteiger charge is 2.21. The number of carbonyl (C=O) groups is 2. The lowest BCUT2D eigenvalue weighted by Crippen LogP contribution is -2.34. The van der Waals surface area contributed by atoms with Gasteiger partial charge in [0.15, 0.2) is 0 Å². The van der Waals surface area contributed by atoms with Crippen LogP contribution in [0.3, 0.4) is 0 Å². The van der Waals surface area contributed by atoms with Crippen molar-refractivity contribution in [1.29, 1.82) is 0 Å². The van der Waals surface area contributed by atoms with Gasteiger partial charge in [-0.1, -0.05) is 0 Å². The average Bonchev–Trinajstić information content (AvgIpc) is 2.29. The minimum absolute atomic E-state index is 0.258. The molecule has 0 heterocycles. The fourth-order valence-corrected chi connectivity index (χ4v) is 2.34. The van der Waals surface area contributed by atoms with Crippen molar-refractivity contribution in [3.05, 3.63) is 0 Å². The third kappa shape index (κ3) is 6.60. The minimum Gasteiger partial charge on any atom is -0.444 e. The van der Waals surface area contributed by atoms with Crippen LogP contribution in [-0.2, 0) is 9.53 Å². The van der Waals surface area contributed by atoms with Gasteiger partial charge in [0.05, 0.1) is 0 Å². The van der Waals surface area contributed by atoms with Crippen molar-refractivity contribution in [2.45, 2.75) is 64.9 Å². The molecule has 0 bridgehead atoms. The smallest absolute Gasteiger partial charge is 0.410 e. The molecule has 0 aromatic carbocycles. The molecule has 110 valence electrons. The van der Waals surface area contributed by atoms with E-state index in [2.05, 4.69) is 0 Å². The molecule has 1 saturated carbocycles. The predicted molar refractivity (Wildman–Crippen MR) is 75.1 cm³/mol. The lowest BCUT2D eigenvalue weighted by atomic mass is 9.85. The first-order valence-corrected chi connectivity index (χ1v) is 7.24. The van der Waals surface area contributed by atoms with E-state index in [-0.39, 0.29) is 6.09 Å². The zero-order chi connectivity index (χ0) is 14.5. The fourth-order valence-electron chi connectivity index (χ4n) is 2.34. The first-order chi connectivity index (χ1) is 8.78. The Bertz CT molecular complexity index is 310. The average molecular weight is 269 g/mol. The monoisotopic (exact) mass is 269 g/mol. The van der Waals surface area contributed by atoms with Crippen molar-refractivity contribution in [3.8, 4) is 0 Å². The maximum atomic E-state index is 11.7. The second kappa shape index (κ2) is 6.92. The Labute approximate surface area is 116 Å². The van der Waals surface area contributed by atoms with Crippen molar-refractivity contribution < 1.29 is 14.3 Å². The summed E-state index contributed by atoms with van der Waals surface area (Å²) in [5, 5.41) is 0. The van der Waals surface area contributed by atoms with Crippen LogP contribution in [0.4, 0.5) is 4.79 Å². The summed E-state index contributed by atoms with van der Waals surface area (Å²) in [5.74, 6) is 1.06. The number of carbonyl (C=O) groups excluding carboxylic acids is 2. The van der Waals surface area contributed by atoms with E-state index >= 15 is 0 Å². The number of hydrogen-bond acceptors (Lipinski definition) is 3. The Morgan fingerprint density at radius 1 is 1.32 bits per heavy atom. The van der Waals surface area contributed by atoms with E-state index in [1.807, 2.05) is 20.8 Å². The summed E-state index contributed by atoms with van der Waals surface area (Å²) in [6.45, 7) is 6.34. The zero-order valence-corrected chi connectivity index (χ0v) is 12.7. The van der Waals surface area contributed by atoms with Crippen LogP contribution in [0.1, 0.15) is 59.3 Å². The van der Waals surface area contributed by atoms with Crippen LogP contribution in [0.2, 0.25) is 0 Å². The van der Waals surface area contributed by atoms with Crippen LogP contribution in [0, 0.1) is 5.92 Å². The van der Waals surface area contributed by atoms with Crippen LogP contribution < -0.4 is 0 Å². The van der Waals surface area contributed by atoms with Gasteiger partial charge in [-0.3, -0.25) is 4.79 Å². The third-order valence-electron chi connectivity index (χ3n) is 3.47. The number of Topliss-reactive ketones (excluding diaryl/α,β-unsaturated/α-hetero) is 1. The summed E-state index contributed by atoms with van der Waals surface area (Å²) in [7, 11) is 1.78. The Hall–Kier alpha value is -1.06. The first-order valence-electron chi connectivity index (χ1n) is 7.24. The SMILES string of the molecule is CN(CCCC1CCC(=O)CC1)C(=O)OC(C)(C)C. The molecule has 1 rings (SSSR count). The summed E-state index contributed by atoms with van der Waals surface area (Å²) in [5.41, 5.74) is -0.435. The summed E-state index contributed by atoms with van der Waals surface area (Å²) < 4.78 is 5.30. The van der Waals surface area contributed by atoms with Crippen LogP contribution in [-0.4, -0.2) is 36.0 Å². The van der Waals surface area contributed by atoms with Gasteiger partial charge in [-0.2, -0.15) is 0 Å². The fraction of sp³-hybridized carbons (Fsp3) is 0.867. The maximum Gasteiger partial charge on any atom is 0.410 e. The number of hydrogen-bond donors (Lipinski definition) is 0. The summed E-state index contributed by atoms with van der Waals surface area (Å²) in [6.07, 6.45) is 5.35. The van der Waals surface area contributed by atoms with Gasteiger partial charge in [-0.05, 0) is 52.4 Å². The van der Waals surface area contributed by atoms with Gasteiger partial charge in [-0.15, -0.1) is 0 Å². The Kier molecular flexibility index (Phi) is 5.83. The van der Waals surface area contributed by atoms with Gasteiger partial charge in [0.25, 0.3) is 0 Å². The van der Waals surface area contributed by atoms with Crippen LogP contribution in [0.5, 0.6) is 0 Å². The molecular formula is C15H27NO3. The number of ether oxygens (including phenoxy) is 1. The molecule has 1 aliphatic carbocycles. The standard InChI is InChI=1S/C15H27NO3/c1-15(2,3)19-14(18)16(4)11-5-6-12-7-9-13(17)10-8-12/h12H,5-11H2,1-4H3. The van der Waals surface area contributed by atoms with Crippen molar-refractivity contribution in [3.63, 3.8) is 0 Å². The molecule has 1 aliphatic rings. The molecule has 0 aromatic rings. The lowest BCUT2D eigenvalue weighted by molar-refractivity contribution is -0.121. The van der Waals surface area contributed by atoms with E-state index < -0.39 is 5.60 Å².